The number of benzene rings is 2. The van der Waals surface area contributed by atoms with Gasteiger partial charge in [0.05, 0.1) is 25.5 Å². The maximum Gasteiger partial charge on any atom is 0.319 e. The Morgan fingerprint density at radius 2 is 1.59 bits per heavy atom. The average molecular weight is 437 g/mol. The minimum absolute atomic E-state index is 0.316. The lowest BCUT2D eigenvalue weighted by atomic mass is 10.2. The van der Waals surface area contributed by atoms with Crippen LogP contribution in [-0.2, 0) is 6.54 Å². The van der Waals surface area contributed by atoms with E-state index in [2.05, 4.69) is 26.6 Å². The Kier molecular flexibility index (Phi) is 8.26. The molecular weight excluding hydrogens is 412 g/mol. The minimum atomic E-state index is -0.316. The third-order valence-corrected chi connectivity index (χ3v) is 4.00. The van der Waals surface area contributed by atoms with E-state index in [1.165, 1.54) is 0 Å². The van der Waals surface area contributed by atoms with Gasteiger partial charge in [0.1, 0.15) is 0 Å². The Morgan fingerprint density at radius 3 is 2.15 bits per heavy atom. The molecule has 2 rings (SSSR count). The summed E-state index contributed by atoms with van der Waals surface area (Å²) in [7, 11) is 0. The SMILES string of the molecule is CCOc1cc(NC(=O)NCc2cccc(Br)c2)cc(OCC)c1OCC. The van der Waals surface area contributed by atoms with Gasteiger partial charge in [-0.1, -0.05) is 28.1 Å². The summed E-state index contributed by atoms with van der Waals surface area (Å²) in [5.41, 5.74) is 1.56. The number of amides is 2. The molecule has 0 radical (unpaired) electrons. The summed E-state index contributed by atoms with van der Waals surface area (Å²) in [6, 6.07) is 10.9. The average Bonchev–Trinajstić information content (AvgIpc) is 2.63. The zero-order chi connectivity index (χ0) is 19.6. The van der Waals surface area contributed by atoms with Crippen LogP contribution in [-0.4, -0.2) is 25.9 Å². The molecule has 0 heterocycles. The van der Waals surface area contributed by atoms with Gasteiger partial charge in [-0.25, -0.2) is 4.79 Å². The van der Waals surface area contributed by atoms with Gasteiger partial charge in [-0.2, -0.15) is 0 Å². The maximum atomic E-state index is 12.3. The van der Waals surface area contributed by atoms with Crippen LogP contribution < -0.4 is 24.8 Å². The van der Waals surface area contributed by atoms with Crippen LogP contribution in [0.1, 0.15) is 26.3 Å². The van der Waals surface area contributed by atoms with Crippen molar-refractivity contribution in [2.75, 3.05) is 25.1 Å². The van der Waals surface area contributed by atoms with E-state index in [-0.39, 0.29) is 6.03 Å². The summed E-state index contributed by atoms with van der Waals surface area (Å²) in [5, 5.41) is 5.65. The van der Waals surface area contributed by atoms with Crippen LogP contribution in [0.5, 0.6) is 17.2 Å². The molecule has 7 heteroatoms. The summed E-state index contributed by atoms with van der Waals surface area (Å²) < 4.78 is 18.0. The molecular formula is C20H25BrN2O4. The van der Waals surface area contributed by atoms with Crippen LogP contribution in [0.25, 0.3) is 0 Å². The van der Waals surface area contributed by atoms with Crippen molar-refractivity contribution < 1.29 is 19.0 Å². The number of carbonyl (C=O) groups excluding carboxylic acids is 1. The normalized spacial score (nSPS) is 10.2. The van der Waals surface area contributed by atoms with Crippen molar-refractivity contribution in [1.29, 1.82) is 0 Å². The van der Waals surface area contributed by atoms with E-state index in [0.29, 0.717) is 49.3 Å². The molecule has 2 amide bonds. The van der Waals surface area contributed by atoms with Gasteiger partial charge in [0.15, 0.2) is 11.5 Å². The topological polar surface area (TPSA) is 68.8 Å². The van der Waals surface area contributed by atoms with E-state index in [0.717, 1.165) is 10.0 Å². The monoisotopic (exact) mass is 436 g/mol. The van der Waals surface area contributed by atoms with E-state index >= 15 is 0 Å². The van der Waals surface area contributed by atoms with Gasteiger partial charge in [-0.15, -0.1) is 0 Å². The Bertz CT molecular complexity index is 740. The molecule has 0 aliphatic carbocycles. The number of halogens is 1. The van der Waals surface area contributed by atoms with Crippen molar-refractivity contribution in [3.63, 3.8) is 0 Å². The fourth-order valence-corrected chi connectivity index (χ4v) is 2.91. The minimum Gasteiger partial charge on any atom is -0.490 e. The molecule has 0 atom stereocenters. The van der Waals surface area contributed by atoms with E-state index < -0.39 is 0 Å². The largest absolute Gasteiger partial charge is 0.490 e. The highest BCUT2D eigenvalue weighted by Crippen LogP contribution is 2.40. The lowest BCUT2D eigenvalue weighted by Gasteiger charge is -2.17. The first kappa shape index (κ1) is 20.9. The second-order valence-electron chi connectivity index (χ2n) is 5.54. The van der Waals surface area contributed by atoms with Crippen LogP contribution in [0.3, 0.4) is 0 Å². The van der Waals surface area contributed by atoms with Crippen molar-refractivity contribution in [3.8, 4) is 17.2 Å². The number of ether oxygens (including phenoxy) is 3. The molecule has 0 aliphatic rings. The van der Waals surface area contributed by atoms with Gasteiger partial charge in [-0.05, 0) is 38.5 Å². The molecule has 146 valence electrons. The quantitative estimate of drug-likeness (QED) is 0.582. The molecule has 0 saturated heterocycles. The fraction of sp³-hybridized carbons (Fsp3) is 0.350. The van der Waals surface area contributed by atoms with E-state index in [9.17, 15) is 4.79 Å². The highest BCUT2D eigenvalue weighted by molar-refractivity contribution is 9.10. The Labute approximate surface area is 168 Å². The second kappa shape index (κ2) is 10.7. The van der Waals surface area contributed by atoms with Gasteiger partial charge in [0.2, 0.25) is 5.75 Å². The van der Waals surface area contributed by atoms with E-state index in [4.69, 9.17) is 14.2 Å². The predicted molar refractivity (Wildman–Crippen MR) is 110 cm³/mol. The molecule has 2 N–H and O–H groups in total. The fourth-order valence-electron chi connectivity index (χ4n) is 2.47. The molecule has 0 spiro atoms. The highest BCUT2D eigenvalue weighted by atomic mass is 79.9. The third-order valence-electron chi connectivity index (χ3n) is 3.51. The highest BCUT2D eigenvalue weighted by Gasteiger charge is 2.16. The van der Waals surface area contributed by atoms with E-state index in [1.54, 1.807) is 12.1 Å². The summed E-state index contributed by atoms with van der Waals surface area (Å²) in [4.78, 5) is 12.3. The van der Waals surface area contributed by atoms with Crippen LogP contribution in [0.2, 0.25) is 0 Å². The van der Waals surface area contributed by atoms with Gasteiger partial charge in [0, 0.05) is 23.2 Å². The van der Waals surface area contributed by atoms with Gasteiger partial charge >= 0.3 is 6.03 Å². The van der Waals surface area contributed by atoms with Crippen molar-refractivity contribution in [2.24, 2.45) is 0 Å². The molecule has 0 aromatic heterocycles. The summed E-state index contributed by atoms with van der Waals surface area (Å²) >= 11 is 3.42. The maximum absolute atomic E-state index is 12.3. The van der Waals surface area contributed by atoms with Crippen molar-refractivity contribution >= 4 is 27.6 Å². The summed E-state index contributed by atoms with van der Waals surface area (Å²) in [6.45, 7) is 7.53. The van der Waals surface area contributed by atoms with Crippen molar-refractivity contribution in [3.05, 3.63) is 46.4 Å². The van der Waals surface area contributed by atoms with Crippen molar-refractivity contribution in [1.82, 2.24) is 5.32 Å². The first-order valence-electron chi connectivity index (χ1n) is 8.93. The molecule has 0 fully saturated rings. The van der Waals surface area contributed by atoms with Gasteiger partial charge in [-0.3, -0.25) is 0 Å². The first-order chi connectivity index (χ1) is 13.1. The lowest BCUT2D eigenvalue weighted by molar-refractivity contribution is 0.251. The number of urea groups is 1. The zero-order valence-electron chi connectivity index (χ0n) is 15.8. The van der Waals surface area contributed by atoms with E-state index in [1.807, 2.05) is 45.0 Å². The molecule has 27 heavy (non-hydrogen) atoms. The van der Waals surface area contributed by atoms with Crippen LogP contribution in [0, 0.1) is 0 Å². The number of carbonyl (C=O) groups is 1. The number of nitrogens with one attached hydrogen (secondary N) is 2. The Balaban J connectivity index is 2.12. The predicted octanol–water partition coefficient (Wildman–Crippen LogP) is 4.97. The molecule has 0 aliphatic heterocycles. The number of anilines is 1. The molecule has 2 aromatic carbocycles. The summed E-state index contributed by atoms with van der Waals surface area (Å²) in [5.74, 6) is 1.61. The summed E-state index contributed by atoms with van der Waals surface area (Å²) in [6.07, 6.45) is 0. The standard InChI is InChI=1S/C20H25BrN2O4/c1-4-25-17-11-16(12-18(26-5-2)19(17)27-6-3)23-20(24)22-13-14-8-7-9-15(21)10-14/h7-12H,4-6,13H2,1-3H3,(H2,22,23,24). The molecule has 0 unspecified atom stereocenters. The Morgan fingerprint density at radius 1 is 0.963 bits per heavy atom. The first-order valence-corrected chi connectivity index (χ1v) is 9.72. The molecule has 0 saturated carbocycles. The second-order valence-corrected chi connectivity index (χ2v) is 6.45. The lowest BCUT2D eigenvalue weighted by Crippen LogP contribution is -2.28. The molecule has 0 bridgehead atoms. The molecule has 2 aromatic rings. The molecule has 6 nitrogen and oxygen atoms in total. The van der Waals surface area contributed by atoms with Crippen LogP contribution in [0.15, 0.2) is 40.9 Å². The zero-order valence-corrected chi connectivity index (χ0v) is 17.4. The Hall–Kier alpha value is -2.41. The smallest absolute Gasteiger partial charge is 0.319 e. The van der Waals surface area contributed by atoms with Gasteiger partial charge < -0.3 is 24.8 Å². The van der Waals surface area contributed by atoms with Crippen LogP contribution >= 0.6 is 15.9 Å². The third kappa shape index (κ3) is 6.36. The van der Waals surface area contributed by atoms with Crippen LogP contribution in [0.4, 0.5) is 10.5 Å². The number of hydrogen-bond acceptors (Lipinski definition) is 4. The van der Waals surface area contributed by atoms with Gasteiger partial charge in [0.25, 0.3) is 0 Å². The number of hydrogen-bond donors (Lipinski definition) is 2. The number of rotatable bonds is 9. The van der Waals surface area contributed by atoms with Crippen molar-refractivity contribution in [2.45, 2.75) is 27.3 Å².